The van der Waals surface area contributed by atoms with Crippen molar-refractivity contribution in [1.29, 1.82) is 0 Å². The third-order valence-corrected chi connectivity index (χ3v) is 2.89. The summed E-state index contributed by atoms with van der Waals surface area (Å²) in [5.41, 5.74) is 6.78. The Morgan fingerprint density at radius 1 is 1.55 bits per heavy atom. The number of nitrogens with zero attached hydrogens (tertiary/aromatic N) is 2. The Kier molecular flexibility index (Phi) is 4.47. The molecule has 0 bridgehead atoms. The lowest BCUT2D eigenvalue weighted by molar-refractivity contribution is 0.0526. The van der Waals surface area contributed by atoms with Crippen LogP contribution in [0.4, 0.5) is 4.39 Å². The zero-order valence-electron chi connectivity index (χ0n) is 11.1. The van der Waals surface area contributed by atoms with Crippen LogP contribution in [-0.4, -0.2) is 28.9 Å². The van der Waals surface area contributed by atoms with Crippen molar-refractivity contribution in [2.24, 2.45) is 5.73 Å². The Balaban J connectivity index is 2.26. The highest BCUT2D eigenvalue weighted by Crippen LogP contribution is 2.18. The number of ether oxygens (including phenoxy) is 1. The van der Waals surface area contributed by atoms with Gasteiger partial charge in [-0.25, -0.2) is 9.18 Å². The summed E-state index contributed by atoms with van der Waals surface area (Å²) in [5, 5.41) is 4.11. The number of nitrogens with two attached hydrogens (primary N) is 1. The van der Waals surface area contributed by atoms with Gasteiger partial charge in [-0.15, -0.1) is 0 Å². The SMILES string of the molecule is CCOC(=O)c1cnn(C(CN)c2cccc(F)c2)c1. The molecule has 0 aliphatic heterocycles. The Morgan fingerprint density at radius 2 is 2.35 bits per heavy atom. The van der Waals surface area contributed by atoms with E-state index in [4.69, 9.17) is 10.5 Å². The van der Waals surface area contributed by atoms with Crippen molar-refractivity contribution in [1.82, 2.24) is 9.78 Å². The van der Waals surface area contributed by atoms with Crippen molar-refractivity contribution in [2.75, 3.05) is 13.2 Å². The number of benzene rings is 1. The largest absolute Gasteiger partial charge is 0.462 e. The molecule has 1 aromatic carbocycles. The van der Waals surface area contributed by atoms with Crippen LogP contribution < -0.4 is 5.73 Å². The number of hydrogen-bond donors (Lipinski definition) is 1. The minimum Gasteiger partial charge on any atom is -0.462 e. The summed E-state index contributed by atoms with van der Waals surface area (Å²) in [7, 11) is 0. The molecule has 1 atom stereocenters. The molecule has 5 nitrogen and oxygen atoms in total. The van der Waals surface area contributed by atoms with Gasteiger partial charge in [0.05, 0.1) is 24.4 Å². The van der Waals surface area contributed by atoms with Gasteiger partial charge in [0.15, 0.2) is 0 Å². The minimum atomic E-state index is -0.436. The predicted molar refractivity (Wildman–Crippen MR) is 71.8 cm³/mol. The summed E-state index contributed by atoms with van der Waals surface area (Å²) in [6.07, 6.45) is 2.97. The zero-order chi connectivity index (χ0) is 14.5. The monoisotopic (exact) mass is 277 g/mol. The van der Waals surface area contributed by atoms with E-state index in [-0.39, 0.29) is 18.4 Å². The second kappa shape index (κ2) is 6.29. The van der Waals surface area contributed by atoms with E-state index in [1.54, 1.807) is 29.9 Å². The molecule has 0 aliphatic carbocycles. The molecular formula is C14H16FN3O2. The number of rotatable bonds is 5. The van der Waals surface area contributed by atoms with Crippen LogP contribution >= 0.6 is 0 Å². The molecule has 0 radical (unpaired) electrons. The average molecular weight is 277 g/mol. The van der Waals surface area contributed by atoms with E-state index in [0.29, 0.717) is 17.7 Å². The molecule has 0 aliphatic rings. The van der Waals surface area contributed by atoms with Gasteiger partial charge in [0.1, 0.15) is 5.82 Å². The maximum absolute atomic E-state index is 13.3. The van der Waals surface area contributed by atoms with Gasteiger partial charge >= 0.3 is 5.97 Å². The maximum atomic E-state index is 13.3. The van der Waals surface area contributed by atoms with Crippen molar-refractivity contribution in [3.63, 3.8) is 0 Å². The highest BCUT2D eigenvalue weighted by molar-refractivity contribution is 5.88. The van der Waals surface area contributed by atoms with Gasteiger partial charge in [-0.2, -0.15) is 5.10 Å². The summed E-state index contributed by atoms with van der Waals surface area (Å²) < 4.78 is 19.7. The lowest BCUT2D eigenvalue weighted by Gasteiger charge is -2.15. The Labute approximate surface area is 116 Å². The molecular weight excluding hydrogens is 261 g/mol. The van der Waals surface area contributed by atoms with Crippen molar-refractivity contribution in [3.05, 3.63) is 53.6 Å². The molecule has 1 heterocycles. The second-order valence-electron chi connectivity index (χ2n) is 4.24. The number of halogens is 1. The number of carbonyl (C=O) groups excluding carboxylic acids is 1. The van der Waals surface area contributed by atoms with Crippen LogP contribution in [-0.2, 0) is 4.74 Å². The van der Waals surface area contributed by atoms with E-state index in [1.807, 2.05) is 0 Å². The van der Waals surface area contributed by atoms with Crippen LogP contribution in [0.15, 0.2) is 36.7 Å². The topological polar surface area (TPSA) is 70.1 Å². The lowest BCUT2D eigenvalue weighted by atomic mass is 10.1. The standard InChI is InChI=1S/C14H16FN3O2/c1-2-20-14(19)11-8-17-18(9-11)13(7-16)10-4-3-5-12(15)6-10/h3-6,8-9,13H,2,7,16H2,1H3. The van der Waals surface area contributed by atoms with Crippen LogP contribution in [0.25, 0.3) is 0 Å². The average Bonchev–Trinajstić information content (AvgIpc) is 2.90. The van der Waals surface area contributed by atoms with Gasteiger partial charge in [0.2, 0.25) is 0 Å². The quantitative estimate of drug-likeness (QED) is 0.845. The first-order valence-electron chi connectivity index (χ1n) is 6.32. The molecule has 2 rings (SSSR count). The van der Waals surface area contributed by atoms with Crippen molar-refractivity contribution >= 4 is 5.97 Å². The fourth-order valence-corrected chi connectivity index (χ4v) is 1.94. The van der Waals surface area contributed by atoms with Crippen LogP contribution in [0.3, 0.4) is 0 Å². The third-order valence-electron chi connectivity index (χ3n) is 2.89. The Morgan fingerprint density at radius 3 is 3.00 bits per heavy atom. The van der Waals surface area contributed by atoms with Crippen molar-refractivity contribution in [3.8, 4) is 0 Å². The van der Waals surface area contributed by atoms with Crippen molar-refractivity contribution < 1.29 is 13.9 Å². The van der Waals surface area contributed by atoms with Crippen LogP contribution in [0.2, 0.25) is 0 Å². The van der Waals surface area contributed by atoms with E-state index in [9.17, 15) is 9.18 Å². The molecule has 6 heteroatoms. The summed E-state index contributed by atoms with van der Waals surface area (Å²) in [5.74, 6) is -0.771. The van der Waals surface area contributed by atoms with Crippen LogP contribution in [0.1, 0.15) is 28.9 Å². The van der Waals surface area contributed by atoms with Gasteiger partial charge in [0, 0.05) is 12.7 Å². The van der Waals surface area contributed by atoms with Gasteiger partial charge < -0.3 is 10.5 Å². The molecule has 1 aromatic heterocycles. The molecule has 106 valence electrons. The third kappa shape index (κ3) is 3.03. The summed E-state index contributed by atoms with van der Waals surface area (Å²) >= 11 is 0. The van der Waals surface area contributed by atoms with E-state index in [2.05, 4.69) is 5.10 Å². The van der Waals surface area contributed by atoms with Gasteiger partial charge in [0.25, 0.3) is 0 Å². The van der Waals surface area contributed by atoms with Crippen LogP contribution in [0.5, 0.6) is 0 Å². The molecule has 0 amide bonds. The van der Waals surface area contributed by atoms with Crippen LogP contribution in [0, 0.1) is 5.82 Å². The summed E-state index contributed by atoms with van der Waals surface area (Å²) in [4.78, 5) is 11.6. The highest BCUT2D eigenvalue weighted by Gasteiger charge is 2.16. The predicted octanol–water partition coefficient (Wildman–Crippen LogP) is 1.75. The molecule has 1 unspecified atom stereocenters. The second-order valence-corrected chi connectivity index (χ2v) is 4.24. The smallest absolute Gasteiger partial charge is 0.341 e. The lowest BCUT2D eigenvalue weighted by Crippen LogP contribution is -2.21. The van der Waals surface area contributed by atoms with E-state index < -0.39 is 5.97 Å². The first-order chi connectivity index (χ1) is 9.65. The van der Waals surface area contributed by atoms with E-state index in [0.717, 1.165) is 0 Å². The van der Waals surface area contributed by atoms with E-state index in [1.165, 1.54) is 18.3 Å². The fourth-order valence-electron chi connectivity index (χ4n) is 1.94. The molecule has 2 N–H and O–H groups in total. The summed E-state index contributed by atoms with van der Waals surface area (Å²) in [6.45, 7) is 2.28. The number of esters is 1. The van der Waals surface area contributed by atoms with Gasteiger partial charge in [-0.1, -0.05) is 12.1 Å². The molecule has 0 spiro atoms. The number of aromatic nitrogens is 2. The van der Waals surface area contributed by atoms with Crippen molar-refractivity contribution in [2.45, 2.75) is 13.0 Å². The fraction of sp³-hybridized carbons (Fsp3) is 0.286. The minimum absolute atomic E-state index is 0.243. The van der Waals surface area contributed by atoms with Gasteiger partial charge in [-0.3, -0.25) is 4.68 Å². The normalized spacial score (nSPS) is 12.2. The number of carbonyl (C=O) groups is 1. The molecule has 20 heavy (non-hydrogen) atoms. The van der Waals surface area contributed by atoms with Gasteiger partial charge in [-0.05, 0) is 24.6 Å². The first kappa shape index (κ1) is 14.2. The molecule has 0 fully saturated rings. The highest BCUT2D eigenvalue weighted by atomic mass is 19.1. The molecule has 0 saturated carbocycles. The Hall–Kier alpha value is -2.21. The molecule has 2 aromatic rings. The number of hydrogen-bond acceptors (Lipinski definition) is 4. The van der Waals surface area contributed by atoms with E-state index >= 15 is 0 Å². The summed E-state index contributed by atoms with van der Waals surface area (Å²) in [6, 6.07) is 5.83. The first-order valence-corrected chi connectivity index (χ1v) is 6.32. The zero-order valence-corrected chi connectivity index (χ0v) is 11.1. The maximum Gasteiger partial charge on any atom is 0.341 e. The Bertz CT molecular complexity index is 598. The molecule has 0 saturated heterocycles.